The van der Waals surface area contributed by atoms with Gasteiger partial charge in [-0.2, -0.15) is 0 Å². The molecule has 24 heavy (non-hydrogen) atoms. The van der Waals surface area contributed by atoms with Gasteiger partial charge >= 0.3 is 5.97 Å². The zero-order valence-electron chi connectivity index (χ0n) is 13.7. The highest BCUT2D eigenvalue weighted by Gasteiger charge is 2.14. The van der Waals surface area contributed by atoms with E-state index < -0.39 is 5.97 Å². The second-order valence-electron chi connectivity index (χ2n) is 5.25. The summed E-state index contributed by atoms with van der Waals surface area (Å²) >= 11 is 0. The van der Waals surface area contributed by atoms with Crippen molar-refractivity contribution < 1.29 is 19.1 Å². The van der Waals surface area contributed by atoms with E-state index in [4.69, 9.17) is 4.74 Å². The van der Waals surface area contributed by atoms with Gasteiger partial charge in [0.2, 0.25) is 5.91 Å². The van der Waals surface area contributed by atoms with Crippen LogP contribution in [0.2, 0.25) is 0 Å². The Morgan fingerprint density at radius 3 is 2.29 bits per heavy atom. The number of benzene rings is 2. The first-order chi connectivity index (χ1) is 11.4. The van der Waals surface area contributed by atoms with E-state index in [1.165, 1.54) is 19.9 Å². The predicted molar refractivity (Wildman–Crippen MR) is 91.2 cm³/mol. The fourth-order valence-corrected chi connectivity index (χ4v) is 2.16. The summed E-state index contributed by atoms with van der Waals surface area (Å²) in [6.45, 7) is 4.47. The van der Waals surface area contributed by atoms with Crippen LogP contribution in [0.1, 0.15) is 29.8 Å². The Morgan fingerprint density at radius 1 is 0.958 bits per heavy atom. The second kappa shape index (κ2) is 7.41. The minimum absolute atomic E-state index is 0.163. The molecule has 6 nitrogen and oxygen atoms in total. The van der Waals surface area contributed by atoms with E-state index >= 15 is 0 Å². The molecule has 124 valence electrons. The average Bonchev–Trinajstić information content (AvgIpc) is 2.49. The van der Waals surface area contributed by atoms with E-state index in [0.717, 1.165) is 5.56 Å². The number of nitrogens with one attached hydrogen (secondary N) is 2. The van der Waals surface area contributed by atoms with Crippen molar-refractivity contribution in [3.63, 3.8) is 0 Å². The summed E-state index contributed by atoms with van der Waals surface area (Å²) in [6.07, 6.45) is 0. The van der Waals surface area contributed by atoms with Crippen LogP contribution in [-0.4, -0.2) is 17.8 Å². The number of carbonyl (C=O) groups is 3. The molecule has 0 saturated carbocycles. The van der Waals surface area contributed by atoms with E-state index in [9.17, 15) is 14.4 Å². The van der Waals surface area contributed by atoms with Crippen molar-refractivity contribution in [2.24, 2.45) is 0 Å². The molecule has 0 radical (unpaired) electrons. The number of esters is 1. The van der Waals surface area contributed by atoms with E-state index in [-0.39, 0.29) is 17.6 Å². The summed E-state index contributed by atoms with van der Waals surface area (Å²) < 4.78 is 5.13. The average molecular weight is 326 g/mol. The van der Waals surface area contributed by atoms with Crippen LogP contribution < -0.4 is 15.4 Å². The molecule has 2 N–H and O–H groups in total. The Kier molecular flexibility index (Phi) is 5.31. The SMILES string of the molecule is CC(=O)Nc1ccc(NC(=O)c2ccccc2C)c(OC(C)=O)c1. The van der Waals surface area contributed by atoms with Gasteiger partial charge in [-0.1, -0.05) is 18.2 Å². The first-order valence-electron chi connectivity index (χ1n) is 7.34. The van der Waals surface area contributed by atoms with Gasteiger partial charge in [-0.05, 0) is 30.7 Å². The molecule has 6 heteroatoms. The smallest absolute Gasteiger partial charge is 0.308 e. The maximum atomic E-state index is 12.4. The number of amides is 2. The van der Waals surface area contributed by atoms with Crippen LogP contribution in [0.4, 0.5) is 11.4 Å². The van der Waals surface area contributed by atoms with Crippen molar-refractivity contribution in [1.29, 1.82) is 0 Å². The van der Waals surface area contributed by atoms with E-state index in [1.807, 2.05) is 19.1 Å². The molecule has 0 spiro atoms. The Hall–Kier alpha value is -3.15. The highest BCUT2D eigenvalue weighted by atomic mass is 16.5. The Morgan fingerprint density at radius 2 is 1.67 bits per heavy atom. The summed E-state index contributed by atoms with van der Waals surface area (Å²) in [5, 5.41) is 5.32. The monoisotopic (exact) mass is 326 g/mol. The quantitative estimate of drug-likeness (QED) is 0.668. The van der Waals surface area contributed by atoms with Gasteiger partial charge in [0.05, 0.1) is 5.69 Å². The molecule has 0 aromatic heterocycles. The highest BCUT2D eigenvalue weighted by Crippen LogP contribution is 2.29. The summed E-state index contributed by atoms with van der Waals surface area (Å²) in [5.74, 6) is -0.925. The van der Waals surface area contributed by atoms with Crippen molar-refractivity contribution in [2.75, 3.05) is 10.6 Å². The van der Waals surface area contributed by atoms with Crippen LogP contribution in [0.25, 0.3) is 0 Å². The van der Waals surface area contributed by atoms with Gasteiger partial charge in [0.1, 0.15) is 0 Å². The number of ether oxygens (including phenoxy) is 1. The number of rotatable bonds is 4. The molecule has 2 rings (SSSR count). The van der Waals surface area contributed by atoms with E-state index in [1.54, 1.807) is 24.3 Å². The highest BCUT2D eigenvalue weighted by molar-refractivity contribution is 6.06. The van der Waals surface area contributed by atoms with E-state index in [2.05, 4.69) is 10.6 Å². The van der Waals surface area contributed by atoms with Gasteiger partial charge in [-0.15, -0.1) is 0 Å². The second-order valence-corrected chi connectivity index (χ2v) is 5.25. The van der Waals surface area contributed by atoms with Crippen molar-refractivity contribution in [1.82, 2.24) is 0 Å². The Labute approximate surface area is 139 Å². The van der Waals surface area contributed by atoms with Gasteiger partial charge in [0, 0.05) is 31.2 Å². The molecular weight excluding hydrogens is 308 g/mol. The number of aryl methyl sites for hydroxylation is 1. The minimum atomic E-state index is -0.527. The van der Waals surface area contributed by atoms with Crippen molar-refractivity contribution in [3.05, 3.63) is 53.6 Å². The van der Waals surface area contributed by atoms with Crippen LogP contribution in [-0.2, 0) is 9.59 Å². The Balaban J connectivity index is 2.31. The van der Waals surface area contributed by atoms with Gasteiger partial charge < -0.3 is 15.4 Å². The lowest BCUT2D eigenvalue weighted by atomic mass is 10.1. The molecule has 0 bridgehead atoms. The van der Waals surface area contributed by atoms with Crippen molar-refractivity contribution >= 4 is 29.2 Å². The molecular formula is C18H18N2O4. The topological polar surface area (TPSA) is 84.5 Å². The zero-order chi connectivity index (χ0) is 17.7. The van der Waals surface area contributed by atoms with Crippen molar-refractivity contribution in [2.45, 2.75) is 20.8 Å². The van der Waals surface area contributed by atoms with Crippen LogP contribution >= 0.6 is 0 Å². The third kappa shape index (κ3) is 4.42. The van der Waals surface area contributed by atoms with Crippen molar-refractivity contribution in [3.8, 4) is 5.75 Å². The molecule has 0 heterocycles. The van der Waals surface area contributed by atoms with E-state index in [0.29, 0.717) is 16.9 Å². The number of hydrogen-bond donors (Lipinski definition) is 2. The molecule has 0 atom stereocenters. The third-order valence-electron chi connectivity index (χ3n) is 3.19. The van der Waals surface area contributed by atoms with Gasteiger partial charge in [0.15, 0.2) is 5.75 Å². The third-order valence-corrected chi connectivity index (χ3v) is 3.19. The number of anilines is 2. The molecule has 0 aliphatic carbocycles. The molecule has 0 aliphatic rings. The number of hydrogen-bond acceptors (Lipinski definition) is 4. The lowest BCUT2D eigenvalue weighted by Gasteiger charge is -2.13. The molecule has 2 aromatic carbocycles. The lowest BCUT2D eigenvalue weighted by Crippen LogP contribution is -2.15. The van der Waals surface area contributed by atoms with Crippen LogP contribution in [0.15, 0.2) is 42.5 Å². The van der Waals surface area contributed by atoms with Gasteiger partial charge in [-0.25, -0.2) is 0 Å². The standard InChI is InChI=1S/C18H18N2O4/c1-11-6-4-5-7-15(11)18(23)20-16-9-8-14(19-12(2)21)10-17(16)24-13(3)22/h4-10H,1-3H3,(H,19,21)(H,20,23). The van der Waals surface area contributed by atoms with Crippen LogP contribution in [0.5, 0.6) is 5.75 Å². The first kappa shape index (κ1) is 17.2. The summed E-state index contributed by atoms with van der Waals surface area (Å²) in [5.41, 5.74) is 2.16. The van der Waals surface area contributed by atoms with Gasteiger partial charge in [0.25, 0.3) is 5.91 Å². The summed E-state index contributed by atoms with van der Waals surface area (Å²) in [6, 6.07) is 11.8. The molecule has 2 amide bonds. The fraction of sp³-hybridized carbons (Fsp3) is 0.167. The Bertz CT molecular complexity index is 799. The molecule has 0 saturated heterocycles. The first-order valence-corrected chi connectivity index (χ1v) is 7.34. The maximum absolute atomic E-state index is 12.4. The maximum Gasteiger partial charge on any atom is 0.308 e. The number of carbonyl (C=O) groups excluding carboxylic acids is 3. The van der Waals surface area contributed by atoms with Gasteiger partial charge in [-0.3, -0.25) is 14.4 Å². The summed E-state index contributed by atoms with van der Waals surface area (Å²) in [4.78, 5) is 34.8. The largest absolute Gasteiger partial charge is 0.424 e. The van der Waals surface area contributed by atoms with Crippen LogP contribution in [0, 0.1) is 6.92 Å². The fourth-order valence-electron chi connectivity index (χ4n) is 2.16. The minimum Gasteiger partial charge on any atom is -0.424 e. The summed E-state index contributed by atoms with van der Waals surface area (Å²) in [7, 11) is 0. The van der Waals surface area contributed by atoms with Crippen LogP contribution in [0.3, 0.4) is 0 Å². The molecule has 0 fully saturated rings. The molecule has 2 aromatic rings. The molecule has 0 unspecified atom stereocenters. The predicted octanol–water partition coefficient (Wildman–Crippen LogP) is 3.13. The molecule has 0 aliphatic heterocycles. The zero-order valence-corrected chi connectivity index (χ0v) is 13.7. The lowest BCUT2D eigenvalue weighted by molar-refractivity contribution is -0.131. The normalized spacial score (nSPS) is 9.96.